The highest BCUT2D eigenvalue weighted by Crippen LogP contribution is 2.23. The topological polar surface area (TPSA) is 43.8 Å². The van der Waals surface area contributed by atoms with E-state index in [1.165, 1.54) is 0 Å². The molecule has 0 saturated carbocycles. The molecule has 0 unspecified atom stereocenters. The second-order valence-electron chi connectivity index (χ2n) is 2.26. The van der Waals surface area contributed by atoms with E-state index < -0.39 is 0 Å². The monoisotopic (exact) mass is 227 g/mol. The Labute approximate surface area is 87.9 Å². The molecule has 1 aromatic heterocycles. The van der Waals surface area contributed by atoms with Gasteiger partial charge in [-0.1, -0.05) is 11.8 Å². The van der Waals surface area contributed by atoms with Crippen molar-refractivity contribution < 1.29 is 0 Å². The van der Waals surface area contributed by atoms with Crippen LogP contribution in [0.2, 0.25) is 0 Å². The predicted molar refractivity (Wildman–Crippen MR) is 55.3 cm³/mol. The summed E-state index contributed by atoms with van der Waals surface area (Å²) in [5.74, 6) is 1.16. The Morgan fingerprint density at radius 1 is 1.58 bits per heavy atom. The molecule has 0 radical (unpaired) electrons. The molecule has 2 rings (SSSR count). The number of imidazole rings is 1. The molecule has 2 heterocycles. The number of fused-ring (bicyclic) bond motifs is 1. The molecule has 0 spiro atoms. The fourth-order valence-corrected chi connectivity index (χ4v) is 2.02. The summed E-state index contributed by atoms with van der Waals surface area (Å²) in [5.41, 5.74) is 6.43. The van der Waals surface area contributed by atoms with Crippen molar-refractivity contribution in [2.75, 3.05) is 5.75 Å². The van der Waals surface area contributed by atoms with Crippen molar-refractivity contribution in [3.8, 4) is 0 Å². The second kappa shape index (κ2) is 4.97. The van der Waals surface area contributed by atoms with Gasteiger partial charge in [0.05, 0.1) is 5.69 Å². The van der Waals surface area contributed by atoms with Crippen LogP contribution in [-0.2, 0) is 13.1 Å². The first-order chi connectivity index (χ1) is 4.90. The van der Waals surface area contributed by atoms with Crippen LogP contribution in [0.25, 0.3) is 0 Å². The largest absolute Gasteiger partial charge is 0.325 e. The first-order valence-corrected chi connectivity index (χ1v) is 4.27. The molecule has 0 amide bonds. The number of aryl methyl sites for hydroxylation is 1. The van der Waals surface area contributed by atoms with Crippen LogP contribution in [0.1, 0.15) is 5.69 Å². The summed E-state index contributed by atoms with van der Waals surface area (Å²) in [6, 6.07) is 0. The van der Waals surface area contributed by atoms with Crippen LogP contribution in [0.5, 0.6) is 0 Å². The van der Waals surface area contributed by atoms with Gasteiger partial charge in [-0.3, -0.25) is 0 Å². The van der Waals surface area contributed by atoms with Gasteiger partial charge in [-0.25, -0.2) is 4.98 Å². The van der Waals surface area contributed by atoms with Crippen molar-refractivity contribution in [2.45, 2.75) is 18.2 Å². The van der Waals surface area contributed by atoms with E-state index in [0.717, 1.165) is 23.1 Å². The van der Waals surface area contributed by atoms with E-state index in [2.05, 4.69) is 9.55 Å². The minimum Gasteiger partial charge on any atom is -0.325 e. The average molecular weight is 228 g/mol. The van der Waals surface area contributed by atoms with Gasteiger partial charge in [0, 0.05) is 25.0 Å². The van der Waals surface area contributed by atoms with Crippen LogP contribution in [-0.4, -0.2) is 15.3 Å². The first kappa shape index (κ1) is 12.1. The number of aromatic nitrogens is 2. The Bertz CT molecular complexity index is 229. The van der Waals surface area contributed by atoms with Gasteiger partial charge < -0.3 is 10.3 Å². The second-order valence-corrected chi connectivity index (χ2v) is 3.32. The average Bonchev–Trinajstić information content (AvgIpc) is 2.42. The van der Waals surface area contributed by atoms with Crippen molar-refractivity contribution in [1.82, 2.24) is 9.55 Å². The van der Waals surface area contributed by atoms with Crippen LogP contribution in [0, 0.1) is 0 Å². The van der Waals surface area contributed by atoms with Crippen LogP contribution in [0.15, 0.2) is 11.4 Å². The lowest BCUT2D eigenvalue weighted by atomic mass is 10.5. The molecule has 12 heavy (non-hydrogen) atoms. The third-order valence-electron chi connectivity index (χ3n) is 1.56. The molecule has 1 aromatic rings. The summed E-state index contributed by atoms with van der Waals surface area (Å²) in [6.45, 7) is 1.65. The van der Waals surface area contributed by atoms with Crippen LogP contribution >= 0.6 is 36.6 Å². The highest BCUT2D eigenvalue weighted by Gasteiger charge is 2.12. The lowest BCUT2D eigenvalue weighted by Gasteiger charge is -1.88. The fourth-order valence-electron chi connectivity index (χ4n) is 1.06. The summed E-state index contributed by atoms with van der Waals surface area (Å²) in [6.07, 6.45) is 2.04. The molecule has 1 aliphatic heterocycles. The summed E-state index contributed by atoms with van der Waals surface area (Å²) < 4.78 is 2.16. The molecular weight excluding hydrogens is 217 g/mol. The molecular formula is C6H11Cl2N3S. The quantitative estimate of drug-likeness (QED) is 0.787. The van der Waals surface area contributed by atoms with E-state index in [0.29, 0.717) is 6.54 Å². The smallest absolute Gasteiger partial charge is 0.168 e. The van der Waals surface area contributed by atoms with Gasteiger partial charge in [0.25, 0.3) is 0 Å². The Morgan fingerprint density at radius 2 is 2.33 bits per heavy atom. The summed E-state index contributed by atoms with van der Waals surface area (Å²) in [7, 11) is 0. The van der Waals surface area contributed by atoms with Crippen LogP contribution in [0.3, 0.4) is 0 Å². The number of rotatable bonds is 1. The molecule has 0 aliphatic carbocycles. The maximum absolute atomic E-state index is 5.43. The molecule has 0 saturated heterocycles. The standard InChI is InChI=1S/C6H9N3S.2ClH/c7-3-5-4-9-1-2-10-6(9)8-5;;/h4H,1-3,7H2;2*1H. The van der Waals surface area contributed by atoms with E-state index in [-0.39, 0.29) is 24.8 Å². The van der Waals surface area contributed by atoms with Gasteiger partial charge in [0.15, 0.2) is 5.16 Å². The summed E-state index contributed by atoms with van der Waals surface area (Å²) in [4.78, 5) is 4.31. The number of hydrogen-bond donors (Lipinski definition) is 1. The van der Waals surface area contributed by atoms with Crippen molar-refractivity contribution in [1.29, 1.82) is 0 Å². The Balaban J connectivity index is 0.000000605. The predicted octanol–water partition coefficient (Wildman–Crippen LogP) is 1.29. The SMILES string of the molecule is Cl.Cl.NCc1cn2c(n1)SCC2. The zero-order chi connectivity index (χ0) is 6.97. The number of nitrogens with zero attached hydrogens (tertiary/aromatic N) is 2. The number of halogens is 2. The lowest BCUT2D eigenvalue weighted by molar-refractivity contribution is 0.719. The molecule has 2 N–H and O–H groups in total. The van der Waals surface area contributed by atoms with E-state index >= 15 is 0 Å². The molecule has 0 bridgehead atoms. The molecule has 0 aromatic carbocycles. The lowest BCUT2D eigenvalue weighted by Crippen LogP contribution is -1.96. The van der Waals surface area contributed by atoms with Crippen molar-refractivity contribution in [3.05, 3.63) is 11.9 Å². The Hall–Kier alpha value is 0.1000. The number of nitrogens with two attached hydrogens (primary N) is 1. The third-order valence-corrected chi connectivity index (χ3v) is 2.53. The normalized spacial score (nSPS) is 13.1. The van der Waals surface area contributed by atoms with Crippen LogP contribution in [0.4, 0.5) is 0 Å². The minimum atomic E-state index is 0. The van der Waals surface area contributed by atoms with Gasteiger partial charge in [-0.2, -0.15) is 0 Å². The molecule has 0 atom stereocenters. The summed E-state index contributed by atoms with van der Waals surface area (Å²) in [5, 5.41) is 1.13. The van der Waals surface area contributed by atoms with Gasteiger partial charge in [0.1, 0.15) is 0 Å². The number of thioether (sulfide) groups is 1. The highest BCUT2D eigenvalue weighted by atomic mass is 35.5. The van der Waals surface area contributed by atoms with E-state index in [1.807, 2.05) is 6.20 Å². The fraction of sp³-hybridized carbons (Fsp3) is 0.500. The Kier molecular flexibility index (Phi) is 5.01. The molecule has 1 aliphatic rings. The maximum atomic E-state index is 5.43. The van der Waals surface area contributed by atoms with E-state index in [4.69, 9.17) is 5.73 Å². The van der Waals surface area contributed by atoms with Gasteiger partial charge in [-0.05, 0) is 0 Å². The molecule has 0 fully saturated rings. The van der Waals surface area contributed by atoms with Gasteiger partial charge in [0.2, 0.25) is 0 Å². The maximum Gasteiger partial charge on any atom is 0.168 e. The third kappa shape index (κ3) is 2.07. The Morgan fingerprint density at radius 3 is 2.92 bits per heavy atom. The molecule has 3 nitrogen and oxygen atoms in total. The zero-order valence-corrected chi connectivity index (χ0v) is 8.84. The summed E-state index contributed by atoms with van der Waals surface area (Å²) >= 11 is 1.80. The number of hydrogen-bond acceptors (Lipinski definition) is 3. The molecule has 70 valence electrons. The molecule has 6 heteroatoms. The van der Waals surface area contributed by atoms with E-state index in [1.54, 1.807) is 11.8 Å². The van der Waals surface area contributed by atoms with Crippen molar-refractivity contribution in [2.24, 2.45) is 5.73 Å². The first-order valence-electron chi connectivity index (χ1n) is 3.29. The van der Waals surface area contributed by atoms with Crippen molar-refractivity contribution >= 4 is 36.6 Å². The minimum absolute atomic E-state index is 0. The van der Waals surface area contributed by atoms with Crippen LogP contribution < -0.4 is 5.73 Å². The van der Waals surface area contributed by atoms with Gasteiger partial charge >= 0.3 is 0 Å². The van der Waals surface area contributed by atoms with Crippen molar-refractivity contribution in [3.63, 3.8) is 0 Å². The highest BCUT2D eigenvalue weighted by molar-refractivity contribution is 7.99. The van der Waals surface area contributed by atoms with Gasteiger partial charge in [-0.15, -0.1) is 24.8 Å². The van der Waals surface area contributed by atoms with E-state index in [9.17, 15) is 0 Å². The zero-order valence-electron chi connectivity index (χ0n) is 6.40.